The molecule has 0 aromatic carbocycles. The molecule has 0 radical (unpaired) electrons. The highest BCUT2D eigenvalue weighted by Gasteiger charge is 2.21. The van der Waals surface area contributed by atoms with Crippen LogP contribution in [0.15, 0.2) is 48.6 Å². The summed E-state index contributed by atoms with van der Waals surface area (Å²) in [4.78, 5) is 10.3. The highest BCUT2D eigenvalue weighted by molar-refractivity contribution is 5.66. The smallest absolute Gasteiger partial charge is 0.303 e. The summed E-state index contributed by atoms with van der Waals surface area (Å²) in [6.07, 6.45) is 15.7. The van der Waals surface area contributed by atoms with Gasteiger partial charge in [-0.1, -0.05) is 55.5 Å². The van der Waals surface area contributed by atoms with Gasteiger partial charge in [-0.15, -0.1) is 0 Å². The van der Waals surface area contributed by atoms with Crippen molar-refractivity contribution >= 4 is 5.97 Å². The molecule has 0 aromatic rings. The molecule has 0 aliphatic rings. The van der Waals surface area contributed by atoms with Gasteiger partial charge >= 0.3 is 5.97 Å². The van der Waals surface area contributed by atoms with Crippen LogP contribution in [-0.4, -0.2) is 44.7 Å². The molecule has 142 valence electrons. The van der Waals surface area contributed by atoms with Gasteiger partial charge in [0.1, 0.15) is 12.2 Å². The molecule has 5 heteroatoms. The maximum absolute atomic E-state index is 10.3. The Morgan fingerprint density at radius 1 is 0.920 bits per heavy atom. The summed E-state index contributed by atoms with van der Waals surface area (Å²) >= 11 is 0. The number of aliphatic hydroxyl groups excluding tert-OH is 3. The maximum Gasteiger partial charge on any atom is 0.303 e. The highest BCUT2D eigenvalue weighted by Crippen LogP contribution is 2.07. The second kappa shape index (κ2) is 15.8. The van der Waals surface area contributed by atoms with Gasteiger partial charge in [-0.3, -0.25) is 4.79 Å². The van der Waals surface area contributed by atoms with E-state index in [4.69, 9.17) is 5.11 Å². The molecule has 0 saturated heterocycles. The van der Waals surface area contributed by atoms with Crippen LogP contribution in [0.2, 0.25) is 0 Å². The van der Waals surface area contributed by atoms with Gasteiger partial charge < -0.3 is 20.4 Å². The molecule has 0 fully saturated rings. The number of allylic oxidation sites excluding steroid dienone is 6. The lowest BCUT2D eigenvalue weighted by Gasteiger charge is -2.19. The SMILES string of the molecule is CCC=CCC(O)C(O)C(O)C=CCC=CCC=CCCCC(=O)O. The molecular formula is C20H32O5. The number of aliphatic carboxylic acids is 1. The van der Waals surface area contributed by atoms with E-state index >= 15 is 0 Å². The van der Waals surface area contributed by atoms with Crippen LogP contribution in [0.4, 0.5) is 0 Å². The minimum Gasteiger partial charge on any atom is -0.481 e. The average Bonchev–Trinajstić information content (AvgIpc) is 2.58. The molecule has 3 unspecified atom stereocenters. The number of carbonyl (C=O) groups is 1. The van der Waals surface area contributed by atoms with Crippen molar-refractivity contribution in [2.45, 2.75) is 70.2 Å². The number of carboxylic acid groups (broad SMARTS) is 1. The molecule has 25 heavy (non-hydrogen) atoms. The van der Waals surface area contributed by atoms with E-state index < -0.39 is 24.3 Å². The topological polar surface area (TPSA) is 98.0 Å². The predicted molar refractivity (Wildman–Crippen MR) is 100 cm³/mol. The Balaban J connectivity index is 3.89. The van der Waals surface area contributed by atoms with Crippen molar-refractivity contribution in [2.75, 3.05) is 0 Å². The summed E-state index contributed by atoms with van der Waals surface area (Å²) < 4.78 is 0. The monoisotopic (exact) mass is 352 g/mol. The summed E-state index contributed by atoms with van der Waals surface area (Å²) in [6, 6.07) is 0. The van der Waals surface area contributed by atoms with Crippen molar-refractivity contribution in [1.82, 2.24) is 0 Å². The van der Waals surface area contributed by atoms with Crippen molar-refractivity contribution in [1.29, 1.82) is 0 Å². The van der Waals surface area contributed by atoms with Crippen LogP contribution >= 0.6 is 0 Å². The largest absolute Gasteiger partial charge is 0.481 e. The van der Waals surface area contributed by atoms with Crippen LogP contribution in [0.1, 0.15) is 51.9 Å². The Bertz CT molecular complexity index is 451. The van der Waals surface area contributed by atoms with Gasteiger partial charge in [-0.05, 0) is 38.5 Å². The van der Waals surface area contributed by atoms with Gasteiger partial charge in [-0.2, -0.15) is 0 Å². The van der Waals surface area contributed by atoms with E-state index in [1.807, 2.05) is 37.3 Å². The maximum atomic E-state index is 10.3. The van der Waals surface area contributed by atoms with Gasteiger partial charge in [0.05, 0.1) is 6.10 Å². The average molecular weight is 352 g/mol. The number of rotatable bonds is 14. The zero-order valence-electron chi connectivity index (χ0n) is 15.0. The number of aliphatic hydroxyl groups is 3. The lowest BCUT2D eigenvalue weighted by atomic mass is 10.0. The first-order valence-electron chi connectivity index (χ1n) is 8.86. The van der Waals surface area contributed by atoms with Gasteiger partial charge in [0.2, 0.25) is 0 Å². The second-order valence-electron chi connectivity index (χ2n) is 5.79. The van der Waals surface area contributed by atoms with E-state index in [1.54, 1.807) is 12.2 Å². The normalized spacial score (nSPS) is 16.3. The first kappa shape index (κ1) is 23.3. The summed E-state index contributed by atoms with van der Waals surface area (Å²) in [5, 5.41) is 37.9. The van der Waals surface area contributed by atoms with Crippen LogP contribution < -0.4 is 0 Å². The molecule has 0 aliphatic heterocycles. The molecule has 0 spiro atoms. The van der Waals surface area contributed by atoms with Gasteiger partial charge in [-0.25, -0.2) is 0 Å². The van der Waals surface area contributed by atoms with E-state index in [-0.39, 0.29) is 6.42 Å². The van der Waals surface area contributed by atoms with Gasteiger partial charge in [0, 0.05) is 6.42 Å². The Hall–Kier alpha value is -1.69. The van der Waals surface area contributed by atoms with Crippen LogP contribution in [0.25, 0.3) is 0 Å². The number of hydrogen-bond donors (Lipinski definition) is 4. The number of unbranched alkanes of at least 4 members (excludes halogenated alkanes) is 1. The van der Waals surface area contributed by atoms with Crippen molar-refractivity contribution in [3.63, 3.8) is 0 Å². The molecule has 4 N–H and O–H groups in total. The van der Waals surface area contributed by atoms with E-state index in [1.165, 1.54) is 6.08 Å². The summed E-state index contributed by atoms with van der Waals surface area (Å²) in [5.74, 6) is -0.766. The third kappa shape index (κ3) is 14.4. The standard InChI is InChI=1S/C20H32O5/c1-2-3-11-14-17(21)20(25)18(22)15-12-9-7-5-4-6-8-10-13-16-19(23)24/h3,5-8,11-12,15,17-18,20-22,25H,2,4,9-10,13-14,16H2,1H3,(H,23,24). The zero-order chi connectivity index (χ0) is 18.9. The molecule has 5 nitrogen and oxygen atoms in total. The number of carboxylic acids is 1. The Kier molecular flexibility index (Phi) is 14.7. The highest BCUT2D eigenvalue weighted by atomic mass is 16.4. The molecule has 0 heterocycles. The lowest BCUT2D eigenvalue weighted by Crippen LogP contribution is -2.35. The second-order valence-corrected chi connectivity index (χ2v) is 5.79. The van der Waals surface area contributed by atoms with Crippen molar-refractivity contribution in [2.24, 2.45) is 0 Å². The van der Waals surface area contributed by atoms with Crippen molar-refractivity contribution in [3.8, 4) is 0 Å². The minimum absolute atomic E-state index is 0.197. The molecule has 0 saturated carbocycles. The zero-order valence-corrected chi connectivity index (χ0v) is 15.0. The molecular weight excluding hydrogens is 320 g/mol. The minimum atomic E-state index is -1.20. The van der Waals surface area contributed by atoms with Crippen LogP contribution in [0.5, 0.6) is 0 Å². The first-order chi connectivity index (χ1) is 12.0. The molecule has 0 bridgehead atoms. The molecule has 0 amide bonds. The van der Waals surface area contributed by atoms with E-state index in [0.29, 0.717) is 19.3 Å². The summed E-state index contributed by atoms with van der Waals surface area (Å²) in [7, 11) is 0. The van der Waals surface area contributed by atoms with Gasteiger partial charge in [0.15, 0.2) is 0 Å². The van der Waals surface area contributed by atoms with Crippen molar-refractivity contribution in [3.05, 3.63) is 48.6 Å². The predicted octanol–water partition coefficient (Wildman–Crippen LogP) is 3.13. The van der Waals surface area contributed by atoms with Gasteiger partial charge in [0.25, 0.3) is 0 Å². The third-order valence-electron chi connectivity index (χ3n) is 3.50. The first-order valence-corrected chi connectivity index (χ1v) is 8.86. The summed E-state index contributed by atoms with van der Waals surface area (Å²) in [6.45, 7) is 1.99. The fraction of sp³-hybridized carbons (Fsp3) is 0.550. The van der Waals surface area contributed by atoms with E-state index in [2.05, 4.69) is 0 Å². The summed E-state index contributed by atoms with van der Waals surface area (Å²) in [5.41, 5.74) is 0. The molecule has 0 rings (SSSR count). The molecule has 3 atom stereocenters. The van der Waals surface area contributed by atoms with E-state index in [9.17, 15) is 20.1 Å². The lowest BCUT2D eigenvalue weighted by molar-refractivity contribution is -0.137. The fourth-order valence-electron chi connectivity index (χ4n) is 2.04. The quantitative estimate of drug-likeness (QED) is 0.284. The Labute approximate surface area is 150 Å². The van der Waals surface area contributed by atoms with Crippen molar-refractivity contribution < 1.29 is 25.2 Å². The van der Waals surface area contributed by atoms with Crippen LogP contribution in [0.3, 0.4) is 0 Å². The third-order valence-corrected chi connectivity index (χ3v) is 3.50. The Morgan fingerprint density at radius 3 is 2.20 bits per heavy atom. The molecule has 0 aliphatic carbocycles. The fourth-order valence-corrected chi connectivity index (χ4v) is 2.04. The van der Waals surface area contributed by atoms with Crippen LogP contribution in [-0.2, 0) is 4.79 Å². The Morgan fingerprint density at radius 2 is 1.56 bits per heavy atom. The number of hydrogen-bond acceptors (Lipinski definition) is 4. The van der Waals surface area contributed by atoms with E-state index in [0.717, 1.165) is 19.3 Å². The van der Waals surface area contributed by atoms with Crippen LogP contribution in [0, 0.1) is 0 Å². The molecule has 0 aromatic heterocycles.